The van der Waals surface area contributed by atoms with Gasteiger partial charge in [0.2, 0.25) is 5.69 Å². The predicted octanol–water partition coefficient (Wildman–Crippen LogP) is 2.05. The van der Waals surface area contributed by atoms with E-state index in [1.165, 1.54) is 21.8 Å². The lowest BCUT2D eigenvalue weighted by Gasteiger charge is -1.97. The first-order valence-electron chi connectivity index (χ1n) is 7.93. The highest BCUT2D eigenvalue weighted by atomic mass is 35.5. The molecule has 4 rings (SSSR count). The highest BCUT2D eigenvalue weighted by molar-refractivity contribution is 6.09. The molecule has 2 heterocycles. The second-order valence-corrected chi connectivity index (χ2v) is 5.53. The van der Waals surface area contributed by atoms with E-state index in [0.29, 0.717) is 0 Å². The van der Waals surface area contributed by atoms with E-state index in [-0.39, 0.29) is 12.4 Å². The highest BCUT2D eigenvalue weighted by Crippen LogP contribution is 2.28. The third-order valence-electron chi connectivity index (χ3n) is 4.10. The molecule has 2 aromatic heterocycles. The second-order valence-electron chi connectivity index (χ2n) is 5.53. The summed E-state index contributed by atoms with van der Waals surface area (Å²) in [6.07, 6.45) is 5.70. The Morgan fingerprint density at radius 3 is 1.76 bits per heavy atom. The fourth-order valence-corrected chi connectivity index (χ4v) is 2.90. The first kappa shape index (κ1) is 18.5. The fraction of sp³-hybridized carbons (Fsp3) is 0.0455. The third-order valence-corrected chi connectivity index (χ3v) is 4.10. The van der Waals surface area contributed by atoms with Gasteiger partial charge in [-0.15, -0.1) is 0 Å². The maximum Gasteiger partial charge on any atom is 0.204 e. The first-order chi connectivity index (χ1) is 11.8. The number of hydrogen-bond acceptors (Lipinski definition) is 0. The predicted molar refractivity (Wildman–Crippen MR) is 104 cm³/mol. The summed E-state index contributed by atoms with van der Waals surface area (Å²) in [6, 6.07) is 22.8. The molecule has 0 radical (unpaired) electrons. The van der Waals surface area contributed by atoms with Crippen molar-refractivity contribution in [3.05, 3.63) is 91.8 Å². The van der Waals surface area contributed by atoms with Crippen LogP contribution in [0.5, 0.6) is 0 Å². The molecule has 0 saturated carbocycles. The van der Waals surface area contributed by atoms with Crippen molar-refractivity contribution in [1.29, 1.82) is 0 Å². The van der Waals surface area contributed by atoms with Crippen LogP contribution < -0.4 is 17.0 Å². The molecule has 25 heavy (non-hydrogen) atoms. The van der Waals surface area contributed by atoms with Crippen LogP contribution in [0, 0.1) is 0 Å². The molecular weight excluding hydrogens is 328 g/mol. The third kappa shape index (κ3) is 3.65. The van der Waals surface area contributed by atoms with E-state index in [0.717, 1.165) is 5.69 Å². The Hall–Kier alpha value is -2.84. The number of pyridine rings is 1. The van der Waals surface area contributed by atoms with Gasteiger partial charge in [-0.25, -0.2) is 4.57 Å². The van der Waals surface area contributed by atoms with Gasteiger partial charge in [-0.05, 0) is 18.2 Å². The van der Waals surface area contributed by atoms with Crippen LogP contribution in [0.2, 0.25) is 0 Å². The maximum absolute atomic E-state index is 3.87. The Labute approximate surface area is 154 Å². The van der Waals surface area contributed by atoms with Gasteiger partial charge in [0.15, 0.2) is 6.20 Å². The van der Waals surface area contributed by atoms with Crippen molar-refractivity contribution in [3.8, 4) is 0 Å². The lowest BCUT2D eigenvalue weighted by Crippen LogP contribution is -3.00. The Kier molecular flexibility index (Phi) is 6.15. The summed E-state index contributed by atoms with van der Waals surface area (Å²) in [4.78, 5) is 0. The molecule has 0 saturated heterocycles. The summed E-state index contributed by atoms with van der Waals surface area (Å²) >= 11 is 0. The number of rotatable bonds is 2. The molecular formula is C22H21ClN2. The summed E-state index contributed by atoms with van der Waals surface area (Å²) in [5.41, 5.74) is 3.57. The normalized spacial score (nSPS) is 9.80. The molecule has 126 valence electrons. The zero-order chi connectivity index (χ0) is 16.9. The largest absolute Gasteiger partial charge is 1.00 e. The summed E-state index contributed by atoms with van der Waals surface area (Å²) in [7, 11) is 2.00. The van der Waals surface area contributed by atoms with Gasteiger partial charge in [-0.2, -0.15) is 0 Å². The van der Waals surface area contributed by atoms with Gasteiger partial charge in [-0.1, -0.05) is 49.6 Å². The molecule has 2 aromatic carbocycles. The van der Waals surface area contributed by atoms with Crippen molar-refractivity contribution in [3.63, 3.8) is 0 Å². The maximum atomic E-state index is 3.87. The van der Waals surface area contributed by atoms with Crippen molar-refractivity contribution in [2.45, 2.75) is 0 Å². The summed E-state index contributed by atoms with van der Waals surface area (Å²) in [6.45, 7) is 7.54. The van der Waals surface area contributed by atoms with E-state index in [9.17, 15) is 0 Å². The number of fused-ring (bicyclic) bond motifs is 3. The molecule has 0 aliphatic heterocycles. The number of para-hydroxylation sites is 2. The lowest BCUT2D eigenvalue weighted by molar-refractivity contribution is -0.673. The molecule has 0 spiro atoms. The Morgan fingerprint density at radius 2 is 1.32 bits per heavy atom. The van der Waals surface area contributed by atoms with Gasteiger partial charge in [0.05, 0.1) is 11.0 Å². The number of aryl methyl sites for hydroxylation is 1. The number of hydrogen-bond donors (Lipinski definition) is 0. The molecule has 0 aliphatic carbocycles. The minimum atomic E-state index is 0. The minimum Gasteiger partial charge on any atom is -1.00 e. The SMILES string of the molecule is C=Cc1cccc[n+]1C.C=Cn1c2ccccc2c2ccccc21.[Cl-]. The molecule has 0 fully saturated rings. The van der Waals surface area contributed by atoms with Crippen LogP contribution in [0.3, 0.4) is 0 Å². The first-order valence-corrected chi connectivity index (χ1v) is 7.93. The van der Waals surface area contributed by atoms with Gasteiger partial charge in [0, 0.05) is 35.2 Å². The monoisotopic (exact) mass is 348 g/mol. The number of halogens is 1. The zero-order valence-electron chi connectivity index (χ0n) is 14.3. The van der Waals surface area contributed by atoms with Crippen molar-refractivity contribution < 1.29 is 17.0 Å². The van der Waals surface area contributed by atoms with Crippen LogP contribution in [0.4, 0.5) is 0 Å². The Balaban J connectivity index is 0.000000196. The van der Waals surface area contributed by atoms with E-state index in [1.54, 1.807) is 0 Å². The lowest BCUT2D eigenvalue weighted by atomic mass is 10.2. The van der Waals surface area contributed by atoms with Crippen LogP contribution in [-0.4, -0.2) is 4.57 Å². The topological polar surface area (TPSA) is 8.81 Å². The van der Waals surface area contributed by atoms with Gasteiger partial charge in [-0.3, -0.25) is 0 Å². The summed E-state index contributed by atoms with van der Waals surface area (Å²) < 4.78 is 4.15. The van der Waals surface area contributed by atoms with Gasteiger partial charge < -0.3 is 17.0 Å². The summed E-state index contributed by atoms with van der Waals surface area (Å²) in [5.74, 6) is 0. The molecule has 0 amide bonds. The van der Waals surface area contributed by atoms with Gasteiger partial charge in [0.25, 0.3) is 0 Å². The average Bonchev–Trinajstić information content (AvgIpc) is 2.96. The zero-order valence-corrected chi connectivity index (χ0v) is 15.0. The van der Waals surface area contributed by atoms with Crippen LogP contribution >= 0.6 is 0 Å². The molecule has 3 heteroatoms. The average molecular weight is 349 g/mol. The molecule has 4 aromatic rings. The van der Waals surface area contributed by atoms with E-state index in [2.05, 4.69) is 66.3 Å². The van der Waals surface area contributed by atoms with Crippen LogP contribution in [0.25, 0.3) is 34.1 Å². The molecule has 0 unspecified atom stereocenters. The van der Waals surface area contributed by atoms with E-state index < -0.39 is 0 Å². The number of benzene rings is 2. The molecule has 0 N–H and O–H groups in total. The number of nitrogens with zero attached hydrogens (tertiary/aromatic N) is 2. The van der Waals surface area contributed by atoms with Crippen molar-refractivity contribution in [2.75, 3.05) is 0 Å². The Morgan fingerprint density at radius 1 is 0.800 bits per heavy atom. The van der Waals surface area contributed by atoms with E-state index in [4.69, 9.17) is 0 Å². The molecule has 2 nitrogen and oxygen atoms in total. The quantitative estimate of drug-likeness (QED) is 0.490. The van der Waals surface area contributed by atoms with E-state index >= 15 is 0 Å². The van der Waals surface area contributed by atoms with Crippen LogP contribution in [0.1, 0.15) is 5.69 Å². The number of aromatic nitrogens is 2. The highest BCUT2D eigenvalue weighted by Gasteiger charge is 2.06. The molecule has 0 atom stereocenters. The van der Waals surface area contributed by atoms with Crippen LogP contribution in [0.15, 0.2) is 86.1 Å². The van der Waals surface area contributed by atoms with Crippen LogP contribution in [-0.2, 0) is 7.05 Å². The standard InChI is InChI=1S/C14H11N.C8H10N.ClH/c1-2-15-13-9-5-3-7-11(13)12-8-4-6-10-14(12)15;1-3-8-6-4-5-7-9(8)2;/h2-10H,1H2;3-7H,1H2,2H3;1H/q;+1;/p-1. The van der Waals surface area contributed by atoms with E-state index in [1.807, 2.05) is 48.3 Å². The Bertz CT molecular complexity index is 962. The van der Waals surface area contributed by atoms with Gasteiger partial charge in [0.1, 0.15) is 7.05 Å². The van der Waals surface area contributed by atoms with Crippen molar-refractivity contribution in [1.82, 2.24) is 4.57 Å². The molecule has 0 bridgehead atoms. The smallest absolute Gasteiger partial charge is 0.204 e. The fourth-order valence-electron chi connectivity index (χ4n) is 2.90. The minimum absolute atomic E-state index is 0. The van der Waals surface area contributed by atoms with Crippen molar-refractivity contribution in [2.24, 2.45) is 7.05 Å². The second kappa shape index (κ2) is 8.32. The molecule has 0 aliphatic rings. The van der Waals surface area contributed by atoms with Crippen molar-refractivity contribution >= 4 is 34.1 Å². The van der Waals surface area contributed by atoms with Gasteiger partial charge >= 0.3 is 0 Å². The summed E-state index contributed by atoms with van der Waals surface area (Å²) in [5, 5.41) is 2.57.